The number of pyridine rings is 1. The molecule has 0 radical (unpaired) electrons. The van der Waals surface area contributed by atoms with Gasteiger partial charge in [0.1, 0.15) is 0 Å². The van der Waals surface area contributed by atoms with Crippen molar-refractivity contribution in [3.05, 3.63) is 30.1 Å². The van der Waals surface area contributed by atoms with Crippen LogP contribution < -0.4 is 11.1 Å². The molecular weight excluding hydrogens is 228 g/mol. The van der Waals surface area contributed by atoms with Crippen LogP contribution in [0.5, 0.6) is 0 Å². The van der Waals surface area contributed by atoms with Gasteiger partial charge in [-0.25, -0.2) is 0 Å². The van der Waals surface area contributed by atoms with Crippen LogP contribution in [0.2, 0.25) is 0 Å². The van der Waals surface area contributed by atoms with Crippen molar-refractivity contribution in [3.63, 3.8) is 0 Å². The largest absolute Gasteiger partial charge is 0.354 e. The molecule has 5 nitrogen and oxygen atoms in total. The fraction of sp³-hybridized carbons (Fsp3) is 0.538. The van der Waals surface area contributed by atoms with Gasteiger partial charge in [0.25, 0.3) is 0 Å². The number of nitrogens with two attached hydrogens (primary N) is 1. The van der Waals surface area contributed by atoms with Crippen molar-refractivity contribution in [2.75, 3.05) is 19.6 Å². The Kier molecular flexibility index (Phi) is 4.28. The Morgan fingerprint density at radius 2 is 2.39 bits per heavy atom. The number of rotatable bonds is 4. The van der Waals surface area contributed by atoms with Gasteiger partial charge in [0.05, 0.1) is 18.3 Å². The summed E-state index contributed by atoms with van der Waals surface area (Å²) in [4.78, 5) is 18.0. The van der Waals surface area contributed by atoms with Gasteiger partial charge in [-0.2, -0.15) is 0 Å². The fourth-order valence-electron chi connectivity index (χ4n) is 2.35. The van der Waals surface area contributed by atoms with Crippen LogP contribution in [0.4, 0.5) is 0 Å². The van der Waals surface area contributed by atoms with Gasteiger partial charge in [-0.3, -0.25) is 14.7 Å². The molecule has 1 fully saturated rings. The first-order chi connectivity index (χ1) is 8.72. The summed E-state index contributed by atoms with van der Waals surface area (Å²) in [5, 5.41) is 2.83. The van der Waals surface area contributed by atoms with Crippen molar-refractivity contribution in [1.29, 1.82) is 0 Å². The Morgan fingerprint density at radius 1 is 1.56 bits per heavy atom. The Balaban J connectivity index is 2.22. The molecule has 18 heavy (non-hydrogen) atoms. The lowest BCUT2D eigenvalue weighted by atomic mass is 10.00. The molecule has 1 aliphatic rings. The second-order valence-electron chi connectivity index (χ2n) is 4.59. The summed E-state index contributed by atoms with van der Waals surface area (Å²) in [6.07, 6.45) is 2.63. The normalized spacial score (nSPS) is 20.2. The van der Waals surface area contributed by atoms with E-state index in [0.29, 0.717) is 13.1 Å². The molecule has 5 heteroatoms. The highest BCUT2D eigenvalue weighted by molar-refractivity contribution is 5.78. The Morgan fingerprint density at radius 3 is 3.00 bits per heavy atom. The van der Waals surface area contributed by atoms with Crippen LogP contribution in [0.15, 0.2) is 24.4 Å². The number of nitrogens with zero attached hydrogens (tertiary/aromatic N) is 2. The second kappa shape index (κ2) is 5.93. The van der Waals surface area contributed by atoms with Crippen LogP contribution in [-0.2, 0) is 4.79 Å². The van der Waals surface area contributed by atoms with Crippen molar-refractivity contribution < 1.29 is 4.79 Å². The molecule has 1 aliphatic heterocycles. The first-order valence-corrected chi connectivity index (χ1v) is 6.39. The lowest BCUT2D eigenvalue weighted by molar-refractivity contribution is -0.125. The molecule has 3 N–H and O–H groups in total. The number of carbonyl (C=O) groups is 1. The lowest BCUT2D eigenvalue weighted by Crippen LogP contribution is -2.52. The van der Waals surface area contributed by atoms with Gasteiger partial charge in [-0.05, 0) is 18.6 Å². The highest BCUT2D eigenvalue weighted by Crippen LogP contribution is 2.23. The number of hydrogen-bond donors (Lipinski definition) is 2. The zero-order valence-electron chi connectivity index (χ0n) is 10.7. The number of piperazine rings is 1. The summed E-state index contributed by atoms with van der Waals surface area (Å²) in [5.74, 6) is 0.0606. The van der Waals surface area contributed by atoms with Gasteiger partial charge in [0.2, 0.25) is 5.91 Å². The Bertz CT molecular complexity index is 395. The van der Waals surface area contributed by atoms with E-state index in [0.717, 1.165) is 18.7 Å². The minimum absolute atomic E-state index is 0.00852. The van der Waals surface area contributed by atoms with Gasteiger partial charge in [0.15, 0.2) is 0 Å². The molecule has 0 bridgehead atoms. The van der Waals surface area contributed by atoms with Gasteiger partial charge in [0, 0.05) is 25.3 Å². The van der Waals surface area contributed by atoms with Gasteiger partial charge >= 0.3 is 0 Å². The lowest BCUT2D eigenvalue weighted by Gasteiger charge is -2.36. The van der Waals surface area contributed by atoms with Gasteiger partial charge < -0.3 is 11.1 Å². The zero-order chi connectivity index (χ0) is 13.0. The van der Waals surface area contributed by atoms with E-state index in [1.807, 2.05) is 18.2 Å². The van der Waals surface area contributed by atoms with E-state index in [2.05, 4.69) is 22.1 Å². The van der Waals surface area contributed by atoms with Crippen LogP contribution in [0.1, 0.15) is 25.1 Å². The molecule has 1 aromatic heterocycles. The standard InChI is InChI=1S/C13H20N4O/c1-2-10(14)13(11-5-3-4-6-15-11)17-8-7-16-12(18)9-17/h3-6,10,13H,2,7-9,14H2,1H3,(H,16,18). The van der Waals surface area contributed by atoms with Crippen LogP contribution in [-0.4, -0.2) is 41.5 Å². The molecule has 2 unspecified atom stereocenters. The number of nitrogens with one attached hydrogen (secondary N) is 1. The fourth-order valence-corrected chi connectivity index (χ4v) is 2.35. The predicted octanol–water partition coefficient (Wildman–Crippen LogP) is 0.292. The maximum absolute atomic E-state index is 11.5. The quantitative estimate of drug-likeness (QED) is 0.803. The molecule has 98 valence electrons. The van der Waals surface area contributed by atoms with Gasteiger partial charge in [-0.1, -0.05) is 13.0 Å². The van der Waals surface area contributed by atoms with E-state index in [4.69, 9.17) is 5.73 Å². The zero-order valence-corrected chi connectivity index (χ0v) is 10.7. The first kappa shape index (κ1) is 13.0. The van der Waals surface area contributed by atoms with Crippen LogP contribution in [0.25, 0.3) is 0 Å². The number of hydrogen-bond acceptors (Lipinski definition) is 4. The van der Waals surface area contributed by atoms with Crippen molar-refractivity contribution >= 4 is 5.91 Å². The van der Waals surface area contributed by atoms with Gasteiger partial charge in [-0.15, -0.1) is 0 Å². The van der Waals surface area contributed by atoms with Crippen molar-refractivity contribution in [1.82, 2.24) is 15.2 Å². The summed E-state index contributed by atoms with van der Waals surface area (Å²) < 4.78 is 0. The Labute approximate surface area is 107 Å². The summed E-state index contributed by atoms with van der Waals surface area (Å²) in [6, 6.07) is 5.84. The molecule has 0 aliphatic carbocycles. The van der Waals surface area contributed by atoms with E-state index in [9.17, 15) is 4.79 Å². The third-order valence-corrected chi connectivity index (χ3v) is 3.33. The number of amides is 1. The van der Waals surface area contributed by atoms with Crippen molar-refractivity contribution in [2.45, 2.75) is 25.4 Å². The van der Waals surface area contributed by atoms with Crippen LogP contribution >= 0.6 is 0 Å². The monoisotopic (exact) mass is 248 g/mol. The van der Waals surface area contributed by atoms with Crippen LogP contribution in [0, 0.1) is 0 Å². The van der Waals surface area contributed by atoms with Crippen molar-refractivity contribution in [3.8, 4) is 0 Å². The third-order valence-electron chi connectivity index (χ3n) is 3.33. The van der Waals surface area contributed by atoms with E-state index < -0.39 is 0 Å². The minimum atomic E-state index is -0.00852. The highest BCUT2D eigenvalue weighted by Gasteiger charge is 2.29. The summed E-state index contributed by atoms with van der Waals surface area (Å²) in [5.41, 5.74) is 7.16. The molecular formula is C13H20N4O. The molecule has 0 aromatic carbocycles. The highest BCUT2D eigenvalue weighted by atomic mass is 16.2. The van der Waals surface area contributed by atoms with E-state index >= 15 is 0 Å². The summed E-state index contributed by atoms with van der Waals surface area (Å²) in [6.45, 7) is 3.96. The molecule has 2 heterocycles. The molecule has 2 atom stereocenters. The first-order valence-electron chi connectivity index (χ1n) is 6.39. The average molecular weight is 248 g/mol. The summed E-state index contributed by atoms with van der Waals surface area (Å²) >= 11 is 0. The maximum atomic E-state index is 11.5. The second-order valence-corrected chi connectivity index (χ2v) is 4.59. The molecule has 0 saturated carbocycles. The van der Waals surface area contributed by atoms with E-state index in [1.165, 1.54) is 0 Å². The minimum Gasteiger partial charge on any atom is -0.354 e. The smallest absolute Gasteiger partial charge is 0.234 e. The Hall–Kier alpha value is -1.46. The average Bonchev–Trinajstić information content (AvgIpc) is 2.40. The molecule has 1 saturated heterocycles. The van der Waals surface area contributed by atoms with Crippen LogP contribution in [0.3, 0.4) is 0 Å². The predicted molar refractivity (Wildman–Crippen MR) is 69.8 cm³/mol. The molecule has 0 spiro atoms. The third kappa shape index (κ3) is 2.86. The maximum Gasteiger partial charge on any atom is 0.234 e. The van der Waals surface area contributed by atoms with Crippen molar-refractivity contribution in [2.24, 2.45) is 5.73 Å². The molecule has 1 amide bonds. The van der Waals surface area contributed by atoms with E-state index in [-0.39, 0.29) is 18.0 Å². The number of carbonyl (C=O) groups excluding carboxylic acids is 1. The molecule has 1 aromatic rings. The topological polar surface area (TPSA) is 71.2 Å². The SMILES string of the molecule is CCC(N)C(c1ccccn1)N1CCNC(=O)C1. The van der Waals surface area contributed by atoms with E-state index in [1.54, 1.807) is 6.20 Å². The number of aromatic nitrogens is 1. The summed E-state index contributed by atoms with van der Waals surface area (Å²) in [7, 11) is 0. The molecule has 2 rings (SSSR count).